The minimum atomic E-state index is -0.966. The first-order valence-corrected chi connectivity index (χ1v) is 7.81. The lowest BCUT2D eigenvalue weighted by Gasteiger charge is -2.28. The summed E-state index contributed by atoms with van der Waals surface area (Å²) in [4.78, 5) is 22.8. The third-order valence-electron chi connectivity index (χ3n) is 4.56. The summed E-state index contributed by atoms with van der Waals surface area (Å²) in [7, 11) is 0. The van der Waals surface area contributed by atoms with Crippen molar-refractivity contribution < 1.29 is 19.4 Å². The molecule has 0 aromatic heterocycles. The third kappa shape index (κ3) is 4.69. The van der Waals surface area contributed by atoms with E-state index in [4.69, 9.17) is 9.84 Å². The van der Waals surface area contributed by atoms with Gasteiger partial charge in [0.25, 0.3) is 0 Å². The molecule has 2 rings (SSSR count). The monoisotopic (exact) mass is 283 g/mol. The number of nitrogens with one attached hydrogen (secondary N) is 1. The number of hydrogen-bond donors (Lipinski definition) is 2. The van der Waals surface area contributed by atoms with Crippen LogP contribution in [0.5, 0.6) is 0 Å². The second-order valence-electron chi connectivity index (χ2n) is 6.17. The van der Waals surface area contributed by atoms with Gasteiger partial charge in [0, 0.05) is 0 Å². The van der Waals surface area contributed by atoms with E-state index in [1.807, 2.05) is 0 Å². The SMILES string of the molecule is O=C(NC(CC1CCC1)C(=O)O)OCC1CCCCC1. The van der Waals surface area contributed by atoms with Gasteiger partial charge in [0.1, 0.15) is 6.04 Å². The molecular weight excluding hydrogens is 258 g/mol. The first-order valence-electron chi connectivity index (χ1n) is 7.81. The molecule has 0 spiro atoms. The highest BCUT2D eigenvalue weighted by atomic mass is 16.5. The molecular formula is C15H25NO4. The summed E-state index contributed by atoms with van der Waals surface area (Å²) in [6.07, 6.45) is 9.15. The summed E-state index contributed by atoms with van der Waals surface area (Å²) in [5.41, 5.74) is 0. The summed E-state index contributed by atoms with van der Waals surface area (Å²) in [5.74, 6) is -0.0781. The van der Waals surface area contributed by atoms with Crippen LogP contribution in [0.25, 0.3) is 0 Å². The van der Waals surface area contributed by atoms with Crippen LogP contribution in [-0.4, -0.2) is 29.8 Å². The average Bonchev–Trinajstić information content (AvgIpc) is 2.40. The lowest BCUT2D eigenvalue weighted by molar-refractivity contribution is -0.140. The van der Waals surface area contributed by atoms with E-state index in [1.54, 1.807) is 0 Å². The van der Waals surface area contributed by atoms with E-state index >= 15 is 0 Å². The molecule has 0 heterocycles. The Labute approximate surface area is 120 Å². The molecule has 2 aliphatic carbocycles. The standard InChI is InChI=1S/C15H25NO4/c17-14(18)13(9-11-7-4-8-11)16-15(19)20-10-12-5-2-1-3-6-12/h11-13H,1-10H2,(H,16,19)(H,17,18). The van der Waals surface area contributed by atoms with E-state index in [-0.39, 0.29) is 0 Å². The molecule has 114 valence electrons. The largest absolute Gasteiger partial charge is 0.480 e. The fraction of sp³-hybridized carbons (Fsp3) is 0.867. The second-order valence-corrected chi connectivity index (χ2v) is 6.17. The van der Waals surface area contributed by atoms with Crippen molar-refractivity contribution in [1.29, 1.82) is 0 Å². The first kappa shape index (κ1) is 15.1. The van der Waals surface area contributed by atoms with E-state index in [0.717, 1.165) is 25.7 Å². The second kappa shape index (κ2) is 7.50. The molecule has 0 aliphatic heterocycles. The van der Waals surface area contributed by atoms with Crippen molar-refractivity contribution in [3.05, 3.63) is 0 Å². The van der Waals surface area contributed by atoms with Gasteiger partial charge in [-0.05, 0) is 31.1 Å². The number of carboxylic acid groups (broad SMARTS) is 1. The van der Waals surface area contributed by atoms with Crippen molar-refractivity contribution in [2.75, 3.05) is 6.61 Å². The Bertz CT molecular complexity index is 335. The van der Waals surface area contributed by atoms with Gasteiger partial charge in [-0.25, -0.2) is 9.59 Å². The van der Waals surface area contributed by atoms with Gasteiger partial charge < -0.3 is 15.2 Å². The molecule has 5 nitrogen and oxygen atoms in total. The molecule has 0 saturated heterocycles. The Hall–Kier alpha value is -1.26. The van der Waals surface area contributed by atoms with Crippen molar-refractivity contribution in [1.82, 2.24) is 5.32 Å². The smallest absolute Gasteiger partial charge is 0.407 e. The molecule has 2 fully saturated rings. The number of aliphatic carboxylic acids is 1. The molecule has 0 aromatic carbocycles. The Morgan fingerprint density at radius 3 is 2.25 bits per heavy atom. The molecule has 1 atom stereocenters. The van der Waals surface area contributed by atoms with E-state index in [1.165, 1.54) is 25.7 Å². The number of amides is 1. The van der Waals surface area contributed by atoms with Crippen LogP contribution in [0.15, 0.2) is 0 Å². The molecule has 0 bridgehead atoms. The fourth-order valence-electron chi connectivity index (χ4n) is 3.01. The van der Waals surface area contributed by atoms with Crippen LogP contribution in [0.4, 0.5) is 4.79 Å². The van der Waals surface area contributed by atoms with Crippen molar-refractivity contribution in [2.45, 2.75) is 63.8 Å². The van der Waals surface area contributed by atoms with E-state index < -0.39 is 18.1 Å². The number of carbonyl (C=O) groups is 2. The number of carbonyl (C=O) groups excluding carboxylic acids is 1. The van der Waals surface area contributed by atoms with Crippen LogP contribution in [0, 0.1) is 11.8 Å². The summed E-state index contributed by atoms with van der Waals surface area (Å²) < 4.78 is 5.18. The maximum absolute atomic E-state index is 11.7. The Morgan fingerprint density at radius 2 is 1.70 bits per heavy atom. The van der Waals surface area contributed by atoms with Crippen LogP contribution in [0.2, 0.25) is 0 Å². The predicted octanol–water partition coefficient (Wildman–Crippen LogP) is 2.94. The summed E-state index contributed by atoms with van der Waals surface area (Å²) in [6, 6.07) is -0.806. The van der Waals surface area contributed by atoms with E-state index in [9.17, 15) is 9.59 Å². The zero-order valence-corrected chi connectivity index (χ0v) is 12.0. The highest BCUT2D eigenvalue weighted by Gasteiger charge is 2.28. The number of alkyl carbamates (subject to hydrolysis) is 1. The maximum atomic E-state index is 11.7. The van der Waals surface area contributed by atoms with Gasteiger partial charge in [-0.1, -0.05) is 38.5 Å². The van der Waals surface area contributed by atoms with Gasteiger partial charge in [-0.3, -0.25) is 0 Å². The Morgan fingerprint density at radius 1 is 1.05 bits per heavy atom. The first-order chi connectivity index (χ1) is 9.65. The van der Waals surface area contributed by atoms with Gasteiger partial charge in [0.05, 0.1) is 6.61 Å². The molecule has 0 radical (unpaired) electrons. The minimum absolute atomic E-state index is 0.418. The maximum Gasteiger partial charge on any atom is 0.407 e. The zero-order chi connectivity index (χ0) is 14.4. The number of hydrogen-bond acceptors (Lipinski definition) is 3. The topological polar surface area (TPSA) is 75.6 Å². The van der Waals surface area contributed by atoms with Crippen LogP contribution in [0.3, 0.4) is 0 Å². The van der Waals surface area contributed by atoms with Crippen LogP contribution in [-0.2, 0) is 9.53 Å². The molecule has 2 saturated carbocycles. The van der Waals surface area contributed by atoms with Gasteiger partial charge >= 0.3 is 12.1 Å². The highest BCUT2D eigenvalue weighted by Crippen LogP contribution is 2.30. The summed E-state index contributed by atoms with van der Waals surface area (Å²) in [6.45, 7) is 0.418. The molecule has 2 N–H and O–H groups in total. The fourth-order valence-corrected chi connectivity index (χ4v) is 3.01. The Kier molecular flexibility index (Phi) is 5.68. The molecule has 1 unspecified atom stereocenters. The van der Waals surface area contributed by atoms with Gasteiger partial charge in [0.2, 0.25) is 0 Å². The van der Waals surface area contributed by atoms with Crippen LogP contribution < -0.4 is 5.32 Å². The predicted molar refractivity (Wildman–Crippen MR) is 74.4 cm³/mol. The molecule has 1 amide bonds. The van der Waals surface area contributed by atoms with Gasteiger partial charge in [0.15, 0.2) is 0 Å². The molecule has 2 aliphatic rings. The molecule has 20 heavy (non-hydrogen) atoms. The highest BCUT2D eigenvalue weighted by molar-refractivity contribution is 5.79. The van der Waals surface area contributed by atoms with Crippen molar-refractivity contribution >= 4 is 12.1 Å². The summed E-state index contributed by atoms with van der Waals surface area (Å²) in [5, 5.41) is 11.6. The third-order valence-corrected chi connectivity index (χ3v) is 4.56. The van der Waals surface area contributed by atoms with Crippen molar-refractivity contribution in [2.24, 2.45) is 11.8 Å². The van der Waals surface area contributed by atoms with Crippen LogP contribution >= 0.6 is 0 Å². The van der Waals surface area contributed by atoms with Crippen molar-refractivity contribution in [3.8, 4) is 0 Å². The van der Waals surface area contributed by atoms with E-state index in [0.29, 0.717) is 24.9 Å². The quantitative estimate of drug-likeness (QED) is 0.786. The lowest BCUT2D eigenvalue weighted by Crippen LogP contribution is -2.43. The molecule has 5 heteroatoms. The summed E-state index contributed by atoms with van der Waals surface area (Å²) >= 11 is 0. The number of ether oxygens (including phenoxy) is 1. The van der Waals surface area contributed by atoms with Gasteiger partial charge in [-0.15, -0.1) is 0 Å². The zero-order valence-electron chi connectivity index (χ0n) is 12.0. The van der Waals surface area contributed by atoms with Crippen molar-refractivity contribution in [3.63, 3.8) is 0 Å². The number of rotatable bonds is 6. The molecule has 0 aromatic rings. The lowest BCUT2D eigenvalue weighted by atomic mass is 9.81. The number of carboxylic acids is 1. The Balaban J connectivity index is 1.68. The van der Waals surface area contributed by atoms with E-state index in [2.05, 4.69) is 5.32 Å². The average molecular weight is 283 g/mol. The minimum Gasteiger partial charge on any atom is -0.480 e. The normalized spacial score (nSPS) is 21.8. The van der Waals surface area contributed by atoms with Crippen LogP contribution in [0.1, 0.15) is 57.8 Å². The van der Waals surface area contributed by atoms with Gasteiger partial charge in [-0.2, -0.15) is 0 Å².